The van der Waals surface area contributed by atoms with Gasteiger partial charge in [-0.3, -0.25) is 19.2 Å². The third kappa shape index (κ3) is 7.55. The molecule has 5 heterocycles. The van der Waals surface area contributed by atoms with Gasteiger partial charge in [-0.1, -0.05) is 60.9 Å². The number of nitrogens with zero attached hydrogens (tertiary/aromatic N) is 5. The van der Waals surface area contributed by atoms with Gasteiger partial charge in [-0.25, -0.2) is 9.97 Å². The fraction of sp³-hybridized carbons (Fsp3) is 0.303. The van der Waals surface area contributed by atoms with E-state index in [1.54, 1.807) is 28.9 Å². The average molecular weight is 673 g/mol. The Morgan fingerprint density at radius 3 is 2.56 bits per heavy atom. The molecule has 14 nitrogen and oxygen atoms in total. The number of benzene rings is 1. The third-order valence-electron chi connectivity index (χ3n) is 7.71. The van der Waals surface area contributed by atoms with E-state index in [0.717, 1.165) is 5.56 Å². The lowest BCUT2D eigenvalue weighted by Gasteiger charge is -2.22. The van der Waals surface area contributed by atoms with E-state index in [4.69, 9.17) is 20.5 Å². The number of nitrogens with one attached hydrogen (secondary N) is 3. The number of carbonyl (C=O) groups excluding carboxylic acids is 4. The molecular weight excluding hydrogens is 640 g/mol. The summed E-state index contributed by atoms with van der Waals surface area (Å²) in [4.78, 5) is 64.2. The lowest BCUT2D eigenvalue weighted by atomic mass is 10.0. The van der Waals surface area contributed by atoms with Crippen LogP contribution in [-0.2, 0) is 17.8 Å². The van der Waals surface area contributed by atoms with Crippen molar-refractivity contribution in [2.75, 3.05) is 13.1 Å². The smallest absolute Gasteiger partial charge is 0.274 e. The number of carbonyl (C=O) groups is 4. The van der Waals surface area contributed by atoms with E-state index in [9.17, 15) is 19.2 Å². The third-order valence-corrected chi connectivity index (χ3v) is 7.93. The molecule has 0 fully saturated rings. The van der Waals surface area contributed by atoms with Gasteiger partial charge in [0.05, 0.1) is 11.6 Å². The van der Waals surface area contributed by atoms with Gasteiger partial charge in [0.25, 0.3) is 17.7 Å². The van der Waals surface area contributed by atoms with Crippen LogP contribution in [0.3, 0.4) is 0 Å². The maximum absolute atomic E-state index is 13.8. The number of rotatable bonds is 5. The largest absolute Gasteiger partial charge is 0.446 e. The van der Waals surface area contributed by atoms with E-state index >= 15 is 0 Å². The Hall–Kier alpha value is -5.50. The van der Waals surface area contributed by atoms with Gasteiger partial charge in [0.15, 0.2) is 17.1 Å². The monoisotopic (exact) mass is 672 g/mol. The molecule has 248 valence electrons. The van der Waals surface area contributed by atoms with Crippen LogP contribution in [0.25, 0.3) is 5.65 Å². The highest BCUT2D eigenvalue weighted by Gasteiger charge is 2.29. The Labute approximate surface area is 279 Å². The fourth-order valence-corrected chi connectivity index (χ4v) is 5.54. The van der Waals surface area contributed by atoms with Gasteiger partial charge in [0.1, 0.15) is 29.7 Å². The van der Waals surface area contributed by atoms with Crippen LogP contribution in [0.1, 0.15) is 75.0 Å². The predicted molar refractivity (Wildman–Crippen MR) is 172 cm³/mol. The van der Waals surface area contributed by atoms with Crippen molar-refractivity contribution in [1.29, 1.82) is 0 Å². The van der Waals surface area contributed by atoms with Crippen LogP contribution >= 0.6 is 11.6 Å². The van der Waals surface area contributed by atoms with E-state index < -0.39 is 35.7 Å². The molecule has 48 heavy (non-hydrogen) atoms. The maximum atomic E-state index is 13.8. The second kappa shape index (κ2) is 14.1. The van der Waals surface area contributed by atoms with Crippen molar-refractivity contribution in [2.24, 2.45) is 5.92 Å². The minimum absolute atomic E-state index is 0.0174. The second-order valence-electron chi connectivity index (χ2n) is 11.9. The summed E-state index contributed by atoms with van der Waals surface area (Å²) >= 11 is 6.12. The lowest BCUT2D eigenvalue weighted by molar-refractivity contribution is -0.123. The first-order valence-corrected chi connectivity index (χ1v) is 15.8. The second-order valence-corrected chi connectivity index (χ2v) is 12.3. The number of hydrogen-bond donors (Lipinski definition) is 3. The highest BCUT2D eigenvalue weighted by Crippen LogP contribution is 2.22. The Balaban J connectivity index is 1.32. The summed E-state index contributed by atoms with van der Waals surface area (Å²) in [7, 11) is 0. The van der Waals surface area contributed by atoms with E-state index in [1.807, 2.05) is 44.2 Å². The summed E-state index contributed by atoms with van der Waals surface area (Å²) in [6.07, 6.45) is 5.03. The molecule has 0 unspecified atom stereocenters. The van der Waals surface area contributed by atoms with Crippen molar-refractivity contribution in [3.05, 3.63) is 107 Å². The molecule has 15 heteroatoms. The molecule has 4 aromatic heterocycles. The van der Waals surface area contributed by atoms with Crippen molar-refractivity contribution in [3.63, 3.8) is 0 Å². The van der Waals surface area contributed by atoms with Crippen molar-refractivity contribution in [1.82, 2.24) is 40.4 Å². The number of pyridine rings is 1. The van der Waals surface area contributed by atoms with Gasteiger partial charge in [-0.15, -0.1) is 0 Å². The van der Waals surface area contributed by atoms with Gasteiger partial charge in [-0.05, 0) is 30.0 Å². The summed E-state index contributed by atoms with van der Waals surface area (Å²) < 4.78 is 12.8. The molecule has 2 atom stereocenters. The Bertz CT molecular complexity index is 1950. The zero-order chi connectivity index (χ0) is 33.8. The molecular formula is C33H33ClN8O6. The number of fused-ring (bicyclic) bond motifs is 5. The molecule has 1 aliphatic heterocycles. The standard InChI is InChI=1S/C33H33ClN8O6/c1-19(2)12-25-32-39-27(18-47-32)31(45)37-23(13-20-6-4-3-5-7-20)29(43)35-10-11-41(16-22-14-24(40-48-22)30(44)38-25)33(46)26-17-42-15-21(34)8-9-28(42)36-26/h3-9,14-15,17-19,23,25H,10-13,16H2,1-2H3,(H,35,43)(H,37,45)(H,38,44)/t23-,25+/m0/s1. The quantitative estimate of drug-likeness (QED) is 0.252. The summed E-state index contributed by atoms with van der Waals surface area (Å²) in [5, 5.41) is 12.9. The zero-order valence-corrected chi connectivity index (χ0v) is 26.9. The summed E-state index contributed by atoms with van der Waals surface area (Å²) in [5.74, 6) is -1.60. The Kier molecular flexibility index (Phi) is 9.52. The molecule has 1 aliphatic rings. The van der Waals surface area contributed by atoms with E-state index in [2.05, 4.69) is 31.1 Å². The zero-order valence-electron chi connectivity index (χ0n) is 26.2. The van der Waals surface area contributed by atoms with Crippen LogP contribution in [0.4, 0.5) is 0 Å². The fourth-order valence-electron chi connectivity index (χ4n) is 5.37. The van der Waals surface area contributed by atoms with Gasteiger partial charge >= 0.3 is 0 Å². The number of amides is 4. The first-order chi connectivity index (χ1) is 23.1. The molecule has 0 saturated carbocycles. The van der Waals surface area contributed by atoms with E-state index in [0.29, 0.717) is 17.1 Å². The average Bonchev–Trinajstić information content (AvgIpc) is 3.83. The van der Waals surface area contributed by atoms with Crippen LogP contribution in [0.5, 0.6) is 0 Å². The number of halogens is 1. The number of imidazole rings is 1. The SMILES string of the molecule is CC(C)C[C@H]1NC(=O)c2cc(on2)CN(C(=O)c2cn3cc(Cl)ccc3n2)CCNC(=O)[C@H](Cc2ccccc2)NC(=O)c2coc1n2. The molecule has 0 spiro atoms. The molecule has 4 bridgehead atoms. The van der Waals surface area contributed by atoms with Crippen molar-refractivity contribution >= 4 is 40.9 Å². The number of oxazole rings is 1. The first-order valence-electron chi connectivity index (χ1n) is 15.4. The van der Waals surface area contributed by atoms with E-state index in [1.165, 1.54) is 17.2 Å². The van der Waals surface area contributed by atoms with Crippen molar-refractivity contribution < 1.29 is 28.1 Å². The lowest BCUT2D eigenvalue weighted by Crippen LogP contribution is -2.49. The number of aromatic nitrogens is 4. The highest BCUT2D eigenvalue weighted by atomic mass is 35.5. The van der Waals surface area contributed by atoms with Gasteiger partial charge in [-0.2, -0.15) is 0 Å². The number of hydrogen-bond acceptors (Lipinski definition) is 9. The molecule has 5 aromatic rings. The first kappa shape index (κ1) is 32.4. The van der Waals surface area contributed by atoms with Crippen LogP contribution in [0.2, 0.25) is 5.02 Å². The van der Waals surface area contributed by atoms with Crippen LogP contribution in [-0.4, -0.2) is 67.2 Å². The predicted octanol–water partition coefficient (Wildman–Crippen LogP) is 3.59. The van der Waals surface area contributed by atoms with Crippen LogP contribution in [0.15, 0.2) is 76.1 Å². The minimum Gasteiger partial charge on any atom is -0.446 e. The molecule has 0 saturated heterocycles. The molecule has 3 N–H and O–H groups in total. The van der Waals surface area contributed by atoms with Gasteiger partial charge in [0.2, 0.25) is 11.8 Å². The Morgan fingerprint density at radius 2 is 1.77 bits per heavy atom. The van der Waals surface area contributed by atoms with Crippen molar-refractivity contribution in [2.45, 2.75) is 45.3 Å². The van der Waals surface area contributed by atoms with Crippen LogP contribution < -0.4 is 16.0 Å². The molecule has 0 aliphatic carbocycles. The van der Waals surface area contributed by atoms with Gasteiger partial charge in [0, 0.05) is 38.0 Å². The van der Waals surface area contributed by atoms with E-state index in [-0.39, 0.29) is 60.7 Å². The van der Waals surface area contributed by atoms with Crippen LogP contribution in [0, 0.1) is 5.92 Å². The Morgan fingerprint density at radius 1 is 1.00 bits per heavy atom. The summed E-state index contributed by atoms with van der Waals surface area (Å²) in [5.41, 5.74) is 1.42. The summed E-state index contributed by atoms with van der Waals surface area (Å²) in [6.45, 7) is 3.93. The highest BCUT2D eigenvalue weighted by molar-refractivity contribution is 6.30. The topological polar surface area (TPSA) is 177 Å². The van der Waals surface area contributed by atoms with Gasteiger partial charge < -0.3 is 34.2 Å². The maximum Gasteiger partial charge on any atom is 0.274 e. The minimum atomic E-state index is -0.978. The van der Waals surface area contributed by atoms with Crippen molar-refractivity contribution in [3.8, 4) is 0 Å². The molecule has 4 amide bonds. The summed E-state index contributed by atoms with van der Waals surface area (Å²) in [6, 6.07) is 12.4. The molecule has 6 rings (SSSR count). The normalized spacial score (nSPS) is 17.8. The molecule has 1 aromatic carbocycles. The molecule has 0 radical (unpaired) electrons.